The first-order valence-corrected chi connectivity index (χ1v) is 9.72. The van der Waals surface area contributed by atoms with E-state index in [1.807, 2.05) is 36.4 Å². The molecule has 0 unspecified atom stereocenters. The summed E-state index contributed by atoms with van der Waals surface area (Å²) in [5, 5.41) is 3.41. The predicted molar refractivity (Wildman–Crippen MR) is 116 cm³/mol. The summed E-state index contributed by atoms with van der Waals surface area (Å²) < 4.78 is 5.14. The average Bonchev–Trinajstić information content (AvgIpc) is 2.72. The van der Waals surface area contributed by atoms with Gasteiger partial charge in [-0.05, 0) is 38.0 Å². The molecule has 0 fully saturated rings. The maximum atomic E-state index is 5.14. The Kier molecular flexibility index (Phi) is 6.98. The van der Waals surface area contributed by atoms with Crippen molar-refractivity contribution in [1.29, 1.82) is 0 Å². The lowest BCUT2D eigenvalue weighted by atomic mass is 10.2. The average molecular weight is 377 g/mol. The maximum absolute atomic E-state index is 5.14. The van der Waals surface area contributed by atoms with E-state index in [-0.39, 0.29) is 0 Å². The molecule has 0 aliphatic rings. The van der Waals surface area contributed by atoms with Crippen LogP contribution in [0.1, 0.15) is 18.9 Å². The van der Waals surface area contributed by atoms with Crippen LogP contribution in [-0.2, 0) is 4.74 Å². The maximum Gasteiger partial charge on any atom is 0.163 e. The van der Waals surface area contributed by atoms with E-state index in [9.17, 15) is 0 Å². The van der Waals surface area contributed by atoms with Crippen LogP contribution >= 0.6 is 0 Å². The molecule has 5 nitrogen and oxygen atoms in total. The minimum Gasteiger partial charge on any atom is -0.385 e. The monoisotopic (exact) mass is 376 g/mol. The standard InChI is InChI=1S/C23H28N4O/c1-4-27(20-13-8-10-18(2)16-20)22-17-21(24-14-9-15-28-3)25-23(26-22)19-11-6-5-7-12-19/h5-8,10-13,16-17H,4,9,14-15H2,1-3H3,(H,24,25,26). The van der Waals surface area contributed by atoms with Gasteiger partial charge in [-0.15, -0.1) is 0 Å². The van der Waals surface area contributed by atoms with Crippen molar-refractivity contribution in [3.05, 3.63) is 66.2 Å². The van der Waals surface area contributed by atoms with Crippen LogP contribution in [0.5, 0.6) is 0 Å². The summed E-state index contributed by atoms with van der Waals surface area (Å²) in [4.78, 5) is 11.8. The van der Waals surface area contributed by atoms with E-state index >= 15 is 0 Å². The zero-order chi connectivity index (χ0) is 19.8. The summed E-state index contributed by atoms with van der Waals surface area (Å²) in [5.41, 5.74) is 3.36. The van der Waals surface area contributed by atoms with E-state index in [1.54, 1.807) is 7.11 Å². The van der Waals surface area contributed by atoms with Gasteiger partial charge in [0.1, 0.15) is 11.6 Å². The van der Waals surface area contributed by atoms with Crippen molar-refractivity contribution >= 4 is 17.3 Å². The molecule has 5 heteroatoms. The molecule has 1 heterocycles. The number of aryl methyl sites for hydroxylation is 1. The summed E-state index contributed by atoms with van der Waals surface area (Å²) in [6, 6.07) is 20.6. The van der Waals surface area contributed by atoms with E-state index in [4.69, 9.17) is 14.7 Å². The van der Waals surface area contributed by atoms with Gasteiger partial charge in [-0.2, -0.15) is 0 Å². The van der Waals surface area contributed by atoms with Crippen LogP contribution in [0.25, 0.3) is 11.4 Å². The number of hydrogen-bond acceptors (Lipinski definition) is 5. The molecule has 28 heavy (non-hydrogen) atoms. The Balaban J connectivity index is 1.98. The minimum absolute atomic E-state index is 0.721. The van der Waals surface area contributed by atoms with Crippen molar-refractivity contribution in [3.63, 3.8) is 0 Å². The van der Waals surface area contributed by atoms with Crippen LogP contribution < -0.4 is 10.2 Å². The van der Waals surface area contributed by atoms with Crippen LogP contribution in [0.4, 0.5) is 17.3 Å². The molecule has 0 atom stereocenters. The highest BCUT2D eigenvalue weighted by atomic mass is 16.5. The van der Waals surface area contributed by atoms with Gasteiger partial charge >= 0.3 is 0 Å². The number of nitrogens with one attached hydrogen (secondary N) is 1. The molecule has 0 amide bonds. The van der Waals surface area contributed by atoms with E-state index in [0.717, 1.165) is 54.8 Å². The third-order valence-corrected chi connectivity index (χ3v) is 4.48. The van der Waals surface area contributed by atoms with Gasteiger partial charge in [0.25, 0.3) is 0 Å². The normalized spacial score (nSPS) is 10.7. The third-order valence-electron chi connectivity index (χ3n) is 4.48. The molecule has 2 aromatic carbocycles. The second-order valence-corrected chi connectivity index (χ2v) is 6.66. The molecular weight excluding hydrogens is 348 g/mol. The van der Waals surface area contributed by atoms with Gasteiger partial charge in [-0.25, -0.2) is 9.97 Å². The van der Waals surface area contributed by atoms with Crippen LogP contribution in [0.3, 0.4) is 0 Å². The first-order valence-electron chi connectivity index (χ1n) is 9.72. The lowest BCUT2D eigenvalue weighted by Crippen LogP contribution is -2.19. The Hall–Kier alpha value is -2.92. The fourth-order valence-corrected chi connectivity index (χ4v) is 3.09. The number of methoxy groups -OCH3 is 1. The topological polar surface area (TPSA) is 50.3 Å². The molecule has 0 spiro atoms. The van der Waals surface area contributed by atoms with Crippen molar-refractivity contribution in [2.45, 2.75) is 20.3 Å². The molecule has 3 rings (SSSR count). The molecule has 0 aliphatic heterocycles. The van der Waals surface area contributed by atoms with Crippen molar-refractivity contribution in [2.75, 3.05) is 37.0 Å². The summed E-state index contributed by atoms with van der Waals surface area (Å²) >= 11 is 0. The van der Waals surface area contributed by atoms with Gasteiger partial charge < -0.3 is 15.0 Å². The van der Waals surface area contributed by atoms with Gasteiger partial charge in [-0.3, -0.25) is 0 Å². The molecule has 1 aromatic heterocycles. The Morgan fingerprint density at radius 1 is 1.00 bits per heavy atom. The molecule has 0 saturated carbocycles. The number of aromatic nitrogens is 2. The number of benzene rings is 2. The molecule has 0 radical (unpaired) electrons. The first-order chi connectivity index (χ1) is 13.7. The number of anilines is 3. The highest BCUT2D eigenvalue weighted by Crippen LogP contribution is 2.28. The first kappa shape index (κ1) is 19.8. The lowest BCUT2D eigenvalue weighted by Gasteiger charge is -2.23. The molecule has 0 bridgehead atoms. The third kappa shape index (κ3) is 5.08. The predicted octanol–water partition coefficient (Wildman–Crippen LogP) is 5.06. The Labute approximate surface area is 167 Å². The number of hydrogen-bond donors (Lipinski definition) is 1. The van der Waals surface area contributed by atoms with Gasteiger partial charge in [0.15, 0.2) is 5.82 Å². The molecule has 0 aliphatic carbocycles. The van der Waals surface area contributed by atoms with E-state index in [2.05, 4.69) is 48.3 Å². The number of ether oxygens (including phenoxy) is 1. The van der Waals surface area contributed by atoms with Gasteiger partial charge in [0.05, 0.1) is 0 Å². The summed E-state index contributed by atoms with van der Waals surface area (Å²) in [6.07, 6.45) is 0.922. The van der Waals surface area contributed by atoms with Crippen LogP contribution in [-0.4, -0.2) is 36.8 Å². The SMILES string of the molecule is CCN(c1cccc(C)c1)c1cc(NCCCOC)nc(-c2ccccc2)n1. The zero-order valence-electron chi connectivity index (χ0n) is 16.9. The molecule has 0 saturated heterocycles. The summed E-state index contributed by atoms with van der Waals surface area (Å²) in [5.74, 6) is 2.43. The second kappa shape index (κ2) is 9.85. The van der Waals surface area contributed by atoms with Crippen LogP contribution in [0.2, 0.25) is 0 Å². The smallest absolute Gasteiger partial charge is 0.163 e. The molecular formula is C23H28N4O. The quantitative estimate of drug-likeness (QED) is 0.529. The van der Waals surface area contributed by atoms with Gasteiger partial charge in [-0.1, -0.05) is 42.5 Å². The van der Waals surface area contributed by atoms with Crippen molar-refractivity contribution in [2.24, 2.45) is 0 Å². The number of rotatable bonds is 9. The Morgan fingerprint density at radius 2 is 1.82 bits per heavy atom. The van der Waals surface area contributed by atoms with Crippen molar-refractivity contribution < 1.29 is 4.74 Å². The van der Waals surface area contributed by atoms with E-state index in [0.29, 0.717) is 0 Å². The lowest BCUT2D eigenvalue weighted by molar-refractivity contribution is 0.198. The molecule has 1 N–H and O–H groups in total. The largest absolute Gasteiger partial charge is 0.385 e. The van der Waals surface area contributed by atoms with E-state index in [1.165, 1.54) is 5.56 Å². The Morgan fingerprint density at radius 3 is 2.54 bits per heavy atom. The zero-order valence-corrected chi connectivity index (χ0v) is 16.9. The Bertz CT molecular complexity index is 883. The second-order valence-electron chi connectivity index (χ2n) is 6.66. The van der Waals surface area contributed by atoms with Gasteiger partial charge in [0.2, 0.25) is 0 Å². The minimum atomic E-state index is 0.721. The van der Waals surface area contributed by atoms with Crippen LogP contribution in [0, 0.1) is 6.92 Å². The van der Waals surface area contributed by atoms with Crippen LogP contribution in [0.15, 0.2) is 60.7 Å². The highest BCUT2D eigenvalue weighted by molar-refractivity contribution is 5.67. The fraction of sp³-hybridized carbons (Fsp3) is 0.304. The van der Waals surface area contributed by atoms with E-state index < -0.39 is 0 Å². The fourth-order valence-electron chi connectivity index (χ4n) is 3.09. The van der Waals surface area contributed by atoms with Gasteiger partial charge in [0, 0.05) is 44.1 Å². The molecule has 3 aromatic rings. The number of nitrogens with zero attached hydrogens (tertiary/aromatic N) is 3. The molecule has 146 valence electrons. The summed E-state index contributed by atoms with van der Waals surface area (Å²) in [7, 11) is 1.72. The highest BCUT2D eigenvalue weighted by Gasteiger charge is 2.13. The van der Waals surface area contributed by atoms with Crippen molar-refractivity contribution in [3.8, 4) is 11.4 Å². The summed E-state index contributed by atoms with van der Waals surface area (Å²) in [6.45, 7) is 6.58. The van der Waals surface area contributed by atoms with Crippen molar-refractivity contribution in [1.82, 2.24) is 9.97 Å².